The molecule has 1 saturated carbocycles. The minimum Gasteiger partial charge on any atom is -0.405 e. The molecule has 1 aliphatic rings. The maximum absolute atomic E-state index is 12.3. The zero-order chi connectivity index (χ0) is 13.3. The smallest absolute Gasteiger partial charge is 0.405 e. The highest BCUT2D eigenvalue weighted by Crippen LogP contribution is 2.40. The minimum absolute atomic E-state index is 0. The van der Waals surface area contributed by atoms with Crippen molar-refractivity contribution in [2.45, 2.75) is 31.7 Å². The van der Waals surface area contributed by atoms with Gasteiger partial charge in [-0.05, 0) is 30.5 Å². The third kappa shape index (κ3) is 5.20. The number of hydrogen-bond acceptors (Lipinski definition) is 2. The topological polar surface area (TPSA) is 35.2 Å². The van der Waals surface area contributed by atoms with E-state index in [1.165, 1.54) is 12.1 Å². The van der Waals surface area contributed by atoms with Gasteiger partial charge in [0.05, 0.1) is 0 Å². The van der Waals surface area contributed by atoms with Crippen LogP contribution in [0.4, 0.5) is 13.2 Å². The Morgan fingerprint density at radius 1 is 1.37 bits per heavy atom. The Morgan fingerprint density at radius 2 is 2.00 bits per heavy atom. The van der Waals surface area contributed by atoms with E-state index in [1.807, 2.05) is 0 Å². The SMILES string of the molecule is Cl.N[C@H](CC1CC1)c1cc(Br)ccc1OC(F)(F)F. The van der Waals surface area contributed by atoms with Crippen molar-refractivity contribution in [2.75, 3.05) is 0 Å². The third-order valence-electron chi connectivity index (χ3n) is 2.88. The lowest BCUT2D eigenvalue weighted by atomic mass is 10.0. The summed E-state index contributed by atoms with van der Waals surface area (Å²) in [6, 6.07) is 3.97. The molecule has 19 heavy (non-hydrogen) atoms. The summed E-state index contributed by atoms with van der Waals surface area (Å²) in [5.74, 6) is 0.330. The van der Waals surface area contributed by atoms with Crippen molar-refractivity contribution >= 4 is 28.3 Å². The van der Waals surface area contributed by atoms with E-state index in [0.717, 1.165) is 12.8 Å². The summed E-state index contributed by atoms with van der Waals surface area (Å²) < 4.78 is 41.6. The van der Waals surface area contributed by atoms with Gasteiger partial charge in [0, 0.05) is 16.1 Å². The summed E-state index contributed by atoms with van der Waals surface area (Å²) >= 11 is 3.23. The van der Waals surface area contributed by atoms with E-state index < -0.39 is 12.4 Å². The van der Waals surface area contributed by atoms with Gasteiger partial charge in [-0.15, -0.1) is 25.6 Å². The van der Waals surface area contributed by atoms with Gasteiger partial charge in [-0.2, -0.15) is 0 Å². The Hall–Kier alpha value is -0.460. The van der Waals surface area contributed by atoms with Crippen molar-refractivity contribution in [3.8, 4) is 5.75 Å². The summed E-state index contributed by atoms with van der Waals surface area (Å²) in [5.41, 5.74) is 6.35. The lowest BCUT2D eigenvalue weighted by Crippen LogP contribution is -2.20. The predicted octanol–water partition coefficient (Wildman–Crippen LogP) is 4.57. The number of halogens is 5. The molecule has 0 spiro atoms. The lowest BCUT2D eigenvalue weighted by Gasteiger charge is -2.18. The lowest BCUT2D eigenvalue weighted by molar-refractivity contribution is -0.275. The van der Waals surface area contributed by atoms with Crippen LogP contribution in [0.2, 0.25) is 0 Å². The summed E-state index contributed by atoms with van der Waals surface area (Å²) in [4.78, 5) is 0. The van der Waals surface area contributed by atoms with E-state index in [0.29, 0.717) is 22.4 Å². The zero-order valence-corrected chi connectivity index (χ0v) is 12.3. The molecule has 1 aliphatic carbocycles. The molecular formula is C12H14BrClF3NO. The van der Waals surface area contributed by atoms with E-state index in [-0.39, 0.29) is 18.2 Å². The number of rotatable bonds is 4. The summed E-state index contributed by atoms with van der Waals surface area (Å²) in [6.07, 6.45) is -1.78. The second-order valence-electron chi connectivity index (χ2n) is 4.52. The van der Waals surface area contributed by atoms with Gasteiger partial charge in [-0.25, -0.2) is 0 Å². The van der Waals surface area contributed by atoms with Crippen molar-refractivity contribution in [3.63, 3.8) is 0 Å². The van der Waals surface area contributed by atoms with Crippen LogP contribution in [0.15, 0.2) is 22.7 Å². The Labute approximate surface area is 124 Å². The van der Waals surface area contributed by atoms with Gasteiger partial charge in [-0.3, -0.25) is 0 Å². The Kier molecular flexibility index (Phi) is 5.53. The van der Waals surface area contributed by atoms with E-state index >= 15 is 0 Å². The van der Waals surface area contributed by atoms with Crippen molar-refractivity contribution in [3.05, 3.63) is 28.2 Å². The van der Waals surface area contributed by atoms with Crippen molar-refractivity contribution < 1.29 is 17.9 Å². The van der Waals surface area contributed by atoms with E-state index in [1.54, 1.807) is 6.07 Å². The number of hydrogen-bond donors (Lipinski definition) is 1. The van der Waals surface area contributed by atoms with Crippen LogP contribution in [-0.4, -0.2) is 6.36 Å². The fraction of sp³-hybridized carbons (Fsp3) is 0.500. The van der Waals surface area contributed by atoms with E-state index in [9.17, 15) is 13.2 Å². The first kappa shape index (κ1) is 16.6. The average Bonchev–Trinajstić information content (AvgIpc) is 3.02. The molecule has 0 aliphatic heterocycles. The van der Waals surface area contributed by atoms with Crippen LogP contribution in [0.25, 0.3) is 0 Å². The van der Waals surface area contributed by atoms with Gasteiger partial charge in [-0.1, -0.05) is 28.8 Å². The van der Waals surface area contributed by atoms with Crippen molar-refractivity contribution in [2.24, 2.45) is 11.7 Å². The summed E-state index contributed by atoms with van der Waals surface area (Å²) in [7, 11) is 0. The molecule has 1 aromatic carbocycles. The highest BCUT2D eigenvalue weighted by molar-refractivity contribution is 9.10. The molecule has 0 amide bonds. The van der Waals surface area contributed by atoms with Gasteiger partial charge in [0.25, 0.3) is 0 Å². The van der Waals surface area contributed by atoms with E-state index in [2.05, 4.69) is 20.7 Å². The maximum atomic E-state index is 12.3. The molecule has 0 heterocycles. The fourth-order valence-electron chi connectivity index (χ4n) is 1.87. The molecule has 0 bridgehead atoms. The van der Waals surface area contributed by atoms with E-state index in [4.69, 9.17) is 5.73 Å². The van der Waals surface area contributed by atoms with Crippen LogP contribution < -0.4 is 10.5 Å². The second-order valence-corrected chi connectivity index (χ2v) is 5.43. The highest BCUT2D eigenvalue weighted by Gasteiger charge is 2.33. The van der Waals surface area contributed by atoms with Crippen molar-refractivity contribution in [1.82, 2.24) is 0 Å². The number of alkyl halides is 3. The molecule has 108 valence electrons. The molecule has 7 heteroatoms. The number of ether oxygens (including phenoxy) is 1. The Balaban J connectivity index is 0.00000180. The standard InChI is InChI=1S/C12H13BrF3NO.ClH/c13-8-3-4-11(18-12(14,15)16)9(6-8)10(17)5-7-1-2-7;/h3-4,6-7,10H,1-2,5,17H2;1H/t10-;/m1./s1. The van der Waals surface area contributed by atoms with Crippen LogP contribution in [0, 0.1) is 5.92 Å². The van der Waals surface area contributed by atoms with Gasteiger partial charge >= 0.3 is 6.36 Å². The van der Waals surface area contributed by atoms with Crippen molar-refractivity contribution in [1.29, 1.82) is 0 Å². The molecule has 0 saturated heterocycles. The zero-order valence-electron chi connectivity index (χ0n) is 9.91. The first-order valence-corrected chi connectivity index (χ1v) is 6.45. The maximum Gasteiger partial charge on any atom is 0.573 e. The quantitative estimate of drug-likeness (QED) is 0.853. The van der Waals surface area contributed by atoms with Gasteiger partial charge in [0.1, 0.15) is 5.75 Å². The third-order valence-corrected chi connectivity index (χ3v) is 3.37. The molecule has 1 fully saturated rings. The molecule has 2 nitrogen and oxygen atoms in total. The Bertz CT molecular complexity index is 437. The van der Waals surface area contributed by atoms with Crippen LogP contribution in [-0.2, 0) is 0 Å². The molecule has 0 radical (unpaired) electrons. The van der Waals surface area contributed by atoms with Gasteiger partial charge in [0.2, 0.25) is 0 Å². The van der Waals surface area contributed by atoms with Gasteiger partial charge in [0.15, 0.2) is 0 Å². The highest BCUT2D eigenvalue weighted by atomic mass is 79.9. The van der Waals surface area contributed by atoms with Gasteiger partial charge < -0.3 is 10.5 Å². The minimum atomic E-state index is -4.69. The van der Waals surface area contributed by atoms with Crippen LogP contribution in [0.1, 0.15) is 30.9 Å². The monoisotopic (exact) mass is 359 g/mol. The first-order chi connectivity index (χ1) is 8.35. The van der Waals surface area contributed by atoms with Crippen LogP contribution >= 0.6 is 28.3 Å². The van der Waals surface area contributed by atoms with Crippen LogP contribution in [0.3, 0.4) is 0 Å². The number of nitrogens with two attached hydrogens (primary N) is 1. The molecule has 0 aromatic heterocycles. The molecule has 0 unspecified atom stereocenters. The largest absolute Gasteiger partial charge is 0.573 e. The Morgan fingerprint density at radius 3 is 2.53 bits per heavy atom. The molecule has 1 aromatic rings. The summed E-state index contributed by atoms with van der Waals surface area (Å²) in [5, 5.41) is 0. The van der Waals surface area contributed by atoms with Crippen LogP contribution in [0.5, 0.6) is 5.75 Å². The average molecular weight is 361 g/mol. The molecule has 1 atom stereocenters. The molecule has 2 N–H and O–H groups in total. The first-order valence-electron chi connectivity index (χ1n) is 5.66. The molecular weight excluding hydrogens is 346 g/mol. The predicted molar refractivity (Wildman–Crippen MR) is 72.3 cm³/mol. The fourth-order valence-corrected chi connectivity index (χ4v) is 2.25. The normalized spacial score (nSPS) is 16.7. The second kappa shape index (κ2) is 6.33. The molecule has 2 rings (SSSR count). The number of benzene rings is 1. The summed E-state index contributed by atoms with van der Waals surface area (Å²) in [6.45, 7) is 0.